The molecule has 2 aromatic carbocycles. The predicted molar refractivity (Wildman–Crippen MR) is 105 cm³/mol. The number of fused-ring (bicyclic) bond motifs is 2. The number of H-pyrrole nitrogens is 1. The largest absolute Gasteiger partial charge is 0.420 e. The van der Waals surface area contributed by atoms with Crippen LogP contribution in [0.3, 0.4) is 0 Å². The predicted octanol–water partition coefficient (Wildman–Crippen LogP) is 3.13. The lowest BCUT2D eigenvalue weighted by atomic mass is 9.84. The molecule has 0 bridgehead atoms. The molecule has 1 aliphatic rings. The van der Waals surface area contributed by atoms with Gasteiger partial charge in [0.25, 0.3) is 0 Å². The van der Waals surface area contributed by atoms with Gasteiger partial charge in [0.2, 0.25) is 11.8 Å². The van der Waals surface area contributed by atoms with Gasteiger partial charge in [0.15, 0.2) is 0 Å². The van der Waals surface area contributed by atoms with Crippen molar-refractivity contribution in [3.63, 3.8) is 0 Å². The van der Waals surface area contributed by atoms with Crippen molar-refractivity contribution < 1.29 is 4.74 Å². The Labute approximate surface area is 160 Å². The van der Waals surface area contributed by atoms with Crippen molar-refractivity contribution in [1.82, 2.24) is 19.7 Å². The highest BCUT2D eigenvalue weighted by Gasteiger charge is 2.37. The van der Waals surface area contributed by atoms with Crippen LogP contribution in [0.15, 0.2) is 65.5 Å². The number of ether oxygens (including phenoxy) is 1. The molecule has 0 saturated carbocycles. The van der Waals surface area contributed by atoms with Crippen molar-refractivity contribution in [2.24, 2.45) is 0 Å². The molecule has 7 nitrogen and oxygen atoms in total. The summed E-state index contributed by atoms with van der Waals surface area (Å²) in [5.74, 6) is 0.755. The fourth-order valence-electron chi connectivity index (χ4n) is 3.74. The quantitative estimate of drug-likeness (QED) is 0.497. The summed E-state index contributed by atoms with van der Waals surface area (Å²) in [4.78, 5) is 18.6. The van der Waals surface area contributed by atoms with Gasteiger partial charge >= 0.3 is 5.69 Å². The van der Waals surface area contributed by atoms with E-state index in [1.807, 2.05) is 67.6 Å². The topological polar surface area (TPSA) is 98.8 Å². The van der Waals surface area contributed by atoms with Crippen LogP contribution in [-0.4, -0.2) is 19.7 Å². The molecule has 0 spiro atoms. The van der Waals surface area contributed by atoms with Gasteiger partial charge in [-0.05, 0) is 24.6 Å². The lowest BCUT2D eigenvalue weighted by Gasteiger charge is -2.27. The van der Waals surface area contributed by atoms with Crippen LogP contribution < -0.4 is 16.2 Å². The SMILES string of the molecule is Cc1nn(-c2ccccc2)c2c1C(c1ccccc1)c1c(nc(=O)[nH]c1N)O2. The third-order valence-electron chi connectivity index (χ3n) is 4.93. The number of benzene rings is 2. The van der Waals surface area contributed by atoms with Crippen molar-refractivity contribution in [1.29, 1.82) is 0 Å². The van der Waals surface area contributed by atoms with Crippen LogP contribution in [0.4, 0.5) is 5.82 Å². The molecule has 1 unspecified atom stereocenters. The second-order valence-corrected chi connectivity index (χ2v) is 6.67. The minimum Gasteiger partial charge on any atom is -0.420 e. The number of rotatable bonds is 2. The van der Waals surface area contributed by atoms with Gasteiger partial charge in [-0.3, -0.25) is 4.98 Å². The lowest BCUT2D eigenvalue weighted by Crippen LogP contribution is -2.22. The normalized spacial score (nSPS) is 14.8. The first-order valence-electron chi connectivity index (χ1n) is 8.91. The van der Waals surface area contributed by atoms with E-state index in [0.29, 0.717) is 11.4 Å². The molecule has 5 rings (SSSR count). The van der Waals surface area contributed by atoms with E-state index < -0.39 is 5.69 Å². The molecule has 0 amide bonds. The Bertz CT molecular complexity index is 1230. The Hall–Kier alpha value is -3.87. The van der Waals surface area contributed by atoms with Crippen molar-refractivity contribution in [2.45, 2.75) is 12.8 Å². The second-order valence-electron chi connectivity index (χ2n) is 6.67. The van der Waals surface area contributed by atoms with Crippen LogP contribution in [0, 0.1) is 6.92 Å². The molecular formula is C21H17N5O2. The van der Waals surface area contributed by atoms with Gasteiger partial charge in [-0.15, -0.1) is 0 Å². The molecule has 1 atom stereocenters. The molecule has 1 aliphatic heterocycles. The molecule has 138 valence electrons. The number of nitrogens with zero attached hydrogens (tertiary/aromatic N) is 3. The van der Waals surface area contributed by atoms with Crippen LogP contribution in [-0.2, 0) is 0 Å². The van der Waals surface area contributed by atoms with Crippen LogP contribution in [0.1, 0.15) is 28.3 Å². The highest BCUT2D eigenvalue weighted by Crippen LogP contribution is 2.49. The number of nitrogens with one attached hydrogen (secondary N) is 1. The van der Waals surface area contributed by atoms with Crippen molar-refractivity contribution >= 4 is 5.82 Å². The molecule has 0 saturated heterocycles. The summed E-state index contributed by atoms with van der Waals surface area (Å²) in [6.07, 6.45) is 0. The molecule has 0 fully saturated rings. The van der Waals surface area contributed by atoms with Gasteiger partial charge in [0.1, 0.15) is 5.82 Å². The number of nitrogen functional groups attached to an aromatic ring is 1. The Kier molecular flexibility index (Phi) is 3.55. The van der Waals surface area contributed by atoms with Crippen LogP contribution in [0.2, 0.25) is 0 Å². The zero-order chi connectivity index (χ0) is 19.3. The van der Waals surface area contributed by atoms with Crippen molar-refractivity contribution in [2.75, 3.05) is 5.73 Å². The number of hydrogen-bond acceptors (Lipinski definition) is 5. The maximum atomic E-state index is 11.9. The Morgan fingerprint density at radius 2 is 1.71 bits per heavy atom. The lowest BCUT2D eigenvalue weighted by molar-refractivity contribution is 0.401. The first-order chi connectivity index (χ1) is 13.6. The average Bonchev–Trinajstić information content (AvgIpc) is 3.04. The van der Waals surface area contributed by atoms with Gasteiger partial charge in [0.05, 0.1) is 28.4 Å². The van der Waals surface area contributed by atoms with E-state index in [1.54, 1.807) is 4.68 Å². The Morgan fingerprint density at radius 3 is 2.43 bits per heavy atom. The van der Waals surface area contributed by atoms with E-state index in [4.69, 9.17) is 15.6 Å². The summed E-state index contributed by atoms with van der Waals surface area (Å²) >= 11 is 0. The molecule has 0 aliphatic carbocycles. The van der Waals surface area contributed by atoms with Crippen LogP contribution in [0.25, 0.3) is 5.69 Å². The number of anilines is 1. The summed E-state index contributed by atoms with van der Waals surface area (Å²) in [5.41, 5.74) is 9.90. The third kappa shape index (κ3) is 2.40. The van der Waals surface area contributed by atoms with Gasteiger partial charge < -0.3 is 10.5 Å². The smallest absolute Gasteiger partial charge is 0.349 e. The molecule has 2 aromatic heterocycles. The van der Waals surface area contributed by atoms with E-state index >= 15 is 0 Å². The van der Waals surface area contributed by atoms with Gasteiger partial charge in [-0.2, -0.15) is 10.1 Å². The molecule has 28 heavy (non-hydrogen) atoms. The highest BCUT2D eigenvalue weighted by molar-refractivity contribution is 5.63. The average molecular weight is 371 g/mol. The van der Waals surface area contributed by atoms with Gasteiger partial charge in [0, 0.05) is 0 Å². The Morgan fingerprint density at radius 1 is 1.04 bits per heavy atom. The van der Waals surface area contributed by atoms with E-state index in [9.17, 15) is 4.79 Å². The van der Waals surface area contributed by atoms with E-state index in [1.165, 1.54) is 0 Å². The highest BCUT2D eigenvalue weighted by atomic mass is 16.5. The zero-order valence-electron chi connectivity index (χ0n) is 15.1. The number of aromatic amines is 1. The summed E-state index contributed by atoms with van der Waals surface area (Å²) in [5, 5.41) is 4.71. The fraction of sp³-hybridized carbons (Fsp3) is 0.0952. The van der Waals surface area contributed by atoms with E-state index in [2.05, 4.69) is 9.97 Å². The summed E-state index contributed by atoms with van der Waals surface area (Å²) in [7, 11) is 0. The standard InChI is InChI=1S/C21H17N5O2/c1-12-15-16(13-8-4-2-5-9-13)17-18(22)23-21(27)24-19(17)28-20(15)26(25-12)14-10-6-3-7-11-14/h2-11,16H,1H3,(H3,22,23,24,27). The monoisotopic (exact) mass is 371 g/mol. The molecule has 7 heteroatoms. The number of aromatic nitrogens is 4. The first kappa shape index (κ1) is 16.3. The van der Waals surface area contributed by atoms with Crippen LogP contribution >= 0.6 is 0 Å². The Balaban J connectivity index is 1.82. The molecule has 0 radical (unpaired) electrons. The number of para-hydroxylation sites is 1. The van der Waals surface area contributed by atoms with Crippen LogP contribution in [0.5, 0.6) is 11.8 Å². The summed E-state index contributed by atoms with van der Waals surface area (Å²) in [6.45, 7) is 1.94. The van der Waals surface area contributed by atoms with E-state index in [0.717, 1.165) is 22.5 Å². The minimum atomic E-state index is -0.547. The maximum absolute atomic E-state index is 11.9. The zero-order valence-corrected chi connectivity index (χ0v) is 15.1. The molecule has 3 heterocycles. The number of nitrogens with two attached hydrogens (primary N) is 1. The van der Waals surface area contributed by atoms with Gasteiger partial charge in [-0.25, -0.2) is 9.48 Å². The fourth-order valence-corrected chi connectivity index (χ4v) is 3.74. The first-order valence-corrected chi connectivity index (χ1v) is 8.91. The molecule has 4 aromatic rings. The summed E-state index contributed by atoms with van der Waals surface area (Å²) < 4.78 is 7.83. The maximum Gasteiger partial charge on any atom is 0.349 e. The molecular weight excluding hydrogens is 354 g/mol. The van der Waals surface area contributed by atoms with Crippen molar-refractivity contribution in [3.8, 4) is 17.4 Å². The minimum absolute atomic E-state index is 0.208. The number of aryl methyl sites for hydroxylation is 1. The number of hydrogen-bond donors (Lipinski definition) is 2. The summed E-state index contributed by atoms with van der Waals surface area (Å²) in [6, 6.07) is 19.6. The third-order valence-corrected chi connectivity index (χ3v) is 4.93. The molecule has 3 N–H and O–H groups in total. The second kappa shape index (κ2) is 6.09. The van der Waals surface area contributed by atoms with Crippen molar-refractivity contribution in [3.05, 3.63) is 93.5 Å². The van der Waals surface area contributed by atoms with E-state index in [-0.39, 0.29) is 17.6 Å². The van der Waals surface area contributed by atoms with Gasteiger partial charge in [-0.1, -0.05) is 48.5 Å².